The lowest BCUT2D eigenvalue weighted by Crippen LogP contribution is -1.88. The molecule has 14 heavy (non-hydrogen) atoms. The molecule has 0 atom stereocenters. The van der Waals surface area contributed by atoms with Gasteiger partial charge in [0.25, 0.3) is 5.78 Å². The van der Waals surface area contributed by atoms with Crippen LogP contribution >= 0.6 is 0 Å². The highest BCUT2D eigenvalue weighted by atomic mass is 15.4. The second-order valence-electron chi connectivity index (χ2n) is 2.91. The van der Waals surface area contributed by atoms with Gasteiger partial charge >= 0.3 is 0 Å². The van der Waals surface area contributed by atoms with E-state index in [1.165, 1.54) is 0 Å². The predicted molar refractivity (Wildman–Crippen MR) is 50.6 cm³/mol. The number of nitrogens with one attached hydrogen (secondary N) is 1. The van der Waals surface area contributed by atoms with E-state index in [9.17, 15) is 0 Å². The number of aromatic nitrogens is 5. The van der Waals surface area contributed by atoms with Crippen LogP contribution in [0.3, 0.4) is 0 Å². The van der Waals surface area contributed by atoms with Crippen molar-refractivity contribution >= 4 is 5.78 Å². The van der Waals surface area contributed by atoms with Crippen LogP contribution in [0.2, 0.25) is 0 Å². The minimum absolute atomic E-state index is 0.587. The minimum atomic E-state index is 0.587. The Kier molecular flexibility index (Phi) is 1.38. The van der Waals surface area contributed by atoms with Gasteiger partial charge in [0, 0.05) is 5.56 Å². The number of benzene rings is 1. The first-order chi connectivity index (χ1) is 6.95. The topological polar surface area (TPSA) is 58.9 Å². The number of hydrogen-bond acceptors (Lipinski definition) is 3. The van der Waals surface area contributed by atoms with Crippen LogP contribution in [0, 0.1) is 0 Å². The maximum atomic E-state index is 4.04. The first kappa shape index (κ1) is 7.25. The van der Waals surface area contributed by atoms with Crippen molar-refractivity contribution in [2.75, 3.05) is 0 Å². The van der Waals surface area contributed by atoms with Gasteiger partial charge in [-0.25, -0.2) is 0 Å². The molecule has 0 saturated heterocycles. The Balaban J connectivity index is 2.28. The van der Waals surface area contributed by atoms with Crippen molar-refractivity contribution in [1.29, 1.82) is 0 Å². The summed E-state index contributed by atoms with van der Waals surface area (Å²) in [6, 6.07) is 9.86. The van der Waals surface area contributed by atoms with Gasteiger partial charge in [-0.15, -0.1) is 10.2 Å². The van der Waals surface area contributed by atoms with E-state index in [1.54, 1.807) is 10.8 Å². The summed E-state index contributed by atoms with van der Waals surface area (Å²) < 4.78 is 1.75. The smallest absolute Gasteiger partial charge is 0.271 e. The predicted octanol–water partition coefficient (Wildman–Crippen LogP) is 1.12. The van der Waals surface area contributed by atoms with Crippen molar-refractivity contribution in [3.8, 4) is 11.4 Å². The molecule has 68 valence electrons. The molecule has 3 rings (SSSR count). The Morgan fingerprint density at radius 2 is 1.93 bits per heavy atom. The van der Waals surface area contributed by atoms with Crippen LogP contribution in [-0.2, 0) is 0 Å². The third-order valence-corrected chi connectivity index (χ3v) is 2.04. The number of nitrogens with zero attached hydrogens (tertiary/aromatic N) is 4. The first-order valence-corrected chi connectivity index (χ1v) is 4.25. The fraction of sp³-hybridized carbons (Fsp3) is 0. The molecule has 0 aliphatic carbocycles. The average molecular weight is 185 g/mol. The summed E-state index contributed by atoms with van der Waals surface area (Å²) in [6.07, 6.45) is 1.59. The SMILES string of the molecule is c1ccc(-c2nnc3nc[nH]n23)cc1. The summed E-state index contributed by atoms with van der Waals surface area (Å²) in [5.41, 5.74) is 1.02. The quantitative estimate of drug-likeness (QED) is 0.618. The standard InChI is InChI=1S/C9H7N5/c1-2-4-7(5-3-1)8-12-13-9-10-6-11-14(8)9/h1-6H,(H,10,11,13). The Morgan fingerprint density at radius 3 is 2.79 bits per heavy atom. The van der Waals surface area contributed by atoms with E-state index in [2.05, 4.69) is 20.3 Å². The Hall–Kier alpha value is -2.17. The normalized spacial score (nSPS) is 10.9. The highest BCUT2D eigenvalue weighted by molar-refractivity contribution is 5.56. The van der Waals surface area contributed by atoms with Gasteiger partial charge < -0.3 is 0 Å². The molecule has 0 aliphatic heterocycles. The molecule has 5 nitrogen and oxygen atoms in total. The lowest BCUT2D eigenvalue weighted by molar-refractivity contribution is 0.964. The second-order valence-corrected chi connectivity index (χ2v) is 2.91. The molecule has 0 fully saturated rings. The van der Waals surface area contributed by atoms with E-state index < -0.39 is 0 Å². The zero-order valence-electron chi connectivity index (χ0n) is 7.25. The van der Waals surface area contributed by atoms with E-state index in [4.69, 9.17) is 0 Å². The second kappa shape index (κ2) is 2.66. The average Bonchev–Trinajstić information content (AvgIpc) is 2.79. The summed E-state index contributed by atoms with van der Waals surface area (Å²) in [7, 11) is 0. The molecule has 0 saturated carbocycles. The Bertz CT molecular complexity index is 551. The van der Waals surface area contributed by atoms with Crippen molar-refractivity contribution in [3.05, 3.63) is 36.7 Å². The molecule has 0 unspecified atom stereocenters. The van der Waals surface area contributed by atoms with Crippen molar-refractivity contribution in [2.45, 2.75) is 0 Å². The van der Waals surface area contributed by atoms with Gasteiger partial charge in [0.05, 0.1) is 0 Å². The molecule has 2 aromatic heterocycles. The van der Waals surface area contributed by atoms with Gasteiger partial charge in [-0.1, -0.05) is 30.3 Å². The minimum Gasteiger partial charge on any atom is -0.279 e. The summed E-state index contributed by atoms with van der Waals surface area (Å²) >= 11 is 0. The Labute approximate surface area is 79.4 Å². The number of H-pyrrole nitrogens is 1. The first-order valence-electron chi connectivity index (χ1n) is 4.25. The highest BCUT2D eigenvalue weighted by Crippen LogP contribution is 2.15. The fourth-order valence-electron chi connectivity index (χ4n) is 1.40. The van der Waals surface area contributed by atoms with E-state index in [1.807, 2.05) is 30.3 Å². The van der Waals surface area contributed by atoms with Crippen LogP contribution in [0.15, 0.2) is 36.7 Å². The highest BCUT2D eigenvalue weighted by Gasteiger charge is 2.07. The van der Waals surface area contributed by atoms with Gasteiger partial charge in [-0.3, -0.25) is 5.10 Å². The lowest BCUT2D eigenvalue weighted by Gasteiger charge is -1.94. The fourth-order valence-corrected chi connectivity index (χ4v) is 1.40. The molecule has 1 N–H and O–H groups in total. The van der Waals surface area contributed by atoms with Crippen LogP contribution < -0.4 is 0 Å². The summed E-state index contributed by atoms with van der Waals surface area (Å²) in [5, 5.41) is 10.9. The molecule has 0 radical (unpaired) electrons. The van der Waals surface area contributed by atoms with E-state index >= 15 is 0 Å². The third kappa shape index (κ3) is 0.922. The third-order valence-electron chi connectivity index (χ3n) is 2.04. The van der Waals surface area contributed by atoms with Crippen LogP contribution in [0.25, 0.3) is 17.2 Å². The zero-order valence-corrected chi connectivity index (χ0v) is 7.25. The van der Waals surface area contributed by atoms with Gasteiger partial charge in [-0.05, 0) is 0 Å². The van der Waals surface area contributed by atoms with Gasteiger partial charge in [0.15, 0.2) is 5.82 Å². The van der Waals surface area contributed by atoms with Gasteiger partial charge in [0.1, 0.15) is 6.33 Å². The van der Waals surface area contributed by atoms with Crippen LogP contribution in [0.1, 0.15) is 0 Å². The van der Waals surface area contributed by atoms with Crippen LogP contribution in [0.5, 0.6) is 0 Å². The summed E-state index contributed by atoms with van der Waals surface area (Å²) in [6.45, 7) is 0. The summed E-state index contributed by atoms with van der Waals surface area (Å²) in [4.78, 5) is 4.00. The number of aromatic amines is 1. The zero-order chi connectivity index (χ0) is 9.38. The van der Waals surface area contributed by atoms with Crippen LogP contribution in [-0.4, -0.2) is 24.8 Å². The molecule has 0 aliphatic rings. The van der Waals surface area contributed by atoms with Crippen LogP contribution in [0.4, 0.5) is 0 Å². The van der Waals surface area contributed by atoms with Crippen molar-refractivity contribution in [3.63, 3.8) is 0 Å². The molecular formula is C9H7N5. The van der Waals surface area contributed by atoms with E-state index in [-0.39, 0.29) is 0 Å². The van der Waals surface area contributed by atoms with E-state index in [0.29, 0.717) is 5.78 Å². The Morgan fingerprint density at radius 1 is 1.07 bits per heavy atom. The van der Waals surface area contributed by atoms with E-state index in [0.717, 1.165) is 11.4 Å². The molecule has 3 aromatic rings. The molecule has 0 amide bonds. The molecule has 0 spiro atoms. The molecule has 2 heterocycles. The maximum Gasteiger partial charge on any atom is 0.271 e. The number of hydrogen-bond donors (Lipinski definition) is 1. The summed E-state index contributed by atoms with van der Waals surface area (Å²) in [5.74, 6) is 1.36. The van der Waals surface area contributed by atoms with Gasteiger partial charge in [0.2, 0.25) is 0 Å². The molecular weight excluding hydrogens is 178 g/mol. The lowest BCUT2D eigenvalue weighted by atomic mass is 10.2. The monoisotopic (exact) mass is 185 g/mol. The van der Waals surface area contributed by atoms with Crippen molar-refractivity contribution in [2.24, 2.45) is 0 Å². The van der Waals surface area contributed by atoms with Crippen molar-refractivity contribution in [1.82, 2.24) is 24.8 Å². The maximum absolute atomic E-state index is 4.04. The molecule has 5 heteroatoms. The largest absolute Gasteiger partial charge is 0.279 e. The number of fused-ring (bicyclic) bond motifs is 1. The molecule has 0 bridgehead atoms. The van der Waals surface area contributed by atoms with Crippen molar-refractivity contribution < 1.29 is 0 Å². The number of rotatable bonds is 1. The van der Waals surface area contributed by atoms with Gasteiger partial charge in [-0.2, -0.15) is 9.50 Å². The molecule has 1 aromatic carbocycles.